The summed E-state index contributed by atoms with van der Waals surface area (Å²) in [5, 5.41) is 115. The fraction of sp³-hybridized carbons (Fsp3) is 0.161. The molecule has 0 saturated carbocycles. The summed E-state index contributed by atoms with van der Waals surface area (Å²) in [4.78, 5) is 77.1. The van der Waals surface area contributed by atoms with Crippen molar-refractivity contribution in [3.05, 3.63) is 191 Å². The predicted molar refractivity (Wildman–Crippen MR) is 335 cm³/mol. The summed E-state index contributed by atoms with van der Waals surface area (Å²) in [5.41, 5.74) is 0.777. The van der Waals surface area contributed by atoms with Crippen LogP contribution in [0.4, 0.5) is 0 Å². The van der Waals surface area contributed by atoms with E-state index < -0.39 is 122 Å². The summed E-state index contributed by atoms with van der Waals surface area (Å²) in [6.07, 6.45) is 0.974. The molecule has 89 heavy (non-hydrogen) atoms. The Morgan fingerprint density at radius 3 is 1.72 bits per heavy atom. The van der Waals surface area contributed by atoms with Crippen molar-refractivity contribution >= 4 is 128 Å². The number of H-pyrrole nitrogens is 1. The van der Waals surface area contributed by atoms with Gasteiger partial charge in [-0.25, -0.2) is 24.8 Å². The van der Waals surface area contributed by atoms with Crippen LogP contribution < -0.4 is 10.1 Å². The molecule has 21 nitrogen and oxygen atoms in total. The number of benzene rings is 7. The van der Waals surface area contributed by atoms with Gasteiger partial charge in [0.1, 0.15) is 23.6 Å². The van der Waals surface area contributed by atoms with Gasteiger partial charge in [-0.15, -0.1) is 0 Å². The second-order valence-corrected chi connectivity index (χ2v) is 23.2. The number of halogens is 6. The van der Waals surface area contributed by atoms with Crippen LogP contribution in [0.25, 0.3) is 22.0 Å². The molecule has 1 amide bonds. The third-order valence-corrected chi connectivity index (χ3v) is 16.7. The lowest BCUT2D eigenvalue weighted by Crippen LogP contribution is -2.45. The van der Waals surface area contributed by atoms with Crippen LogP contribution in [-0.2, 0) is 27.2 Å². The van der Waals surface area contributed by atoms with Gasteiger partial charge in [-0.2, -0.15) is 0 Å². The smallest absolute Gasteiger partial charge is 0.333 e. The van der Waals surface area contributed by atoms with Crippen molar-refractivity contribution < 1.29 is 75.0 Å². The number of aromatic nitrogens is 1. The zero-order valence-corrected chi connectivity index (χ0v) is 50.1. The van der Waals surface area contributed by atoms with Crippen LogP contribution in [0.1, 0.15) is 74.8 Å². The average molecular weight is 1330 g/mol. The second-order valence-electron chi connectivity index (χ2n) is 20.7. The Kier molecular flexibility index (Phi) is 18.0. The number of aliphatic hydroxyl groups excluding tert-OH is 4. The van der Waals surface area contributed by atoms with Crippen LogP contribution in [0.15, 0.2) is 141 Å². The first-order valence-electron chi connectivity index (χ1n) is 26.5. The molecule has 0 fully saturated rings. The van der Waals surface area contributed by atoms with Gasteiger partial charge in [0.2, 0.25) is 23.5 Å². The molecule has 4 aliphatic rings. The molecule has 7 atom stereocenters. The number of carbonyl (C=O) groups is 4. The van der Waals surface area contributed by atoms with E-state index in [1.54, 1.807) is 30.3 Å². The Morgan fingerprint density at radius 2 is 1.15 bits per heavy atom. The maximum atomic E-state index is 15.6. The Bertz CT molecular complexity index is 4280. The molecule has 12 N–H and O–H groups in total. The summed E-state index contributed by atoms with van der Waals surface area (Å²) in [5.74, 6) is -14.5. The molecule has 1 aromatic heterocycles. The van der Waals surface area contributed by atoms with E-state index in [-0.39, 0.29) is 83.6 Å². The number of carboxylic acid groups (broad SMARTS) is 1. The maximum Gasteiger partial charge on any atom is 0.333 e. The van der Waals surface area contributed by atoms with Crippen molar-refractivity contribution in [2.75, 3.05) is 0 Å². The first-order valence-corrected chi connectivity index (χ1v) is 28.8. The molecule has 4 aliphatic heterocycles. The van der Waals surface area contributed by atoms with Gasteiger partial charge in [0.05, 0.1) is 30.1 Å². The number of carbonyl (C=O) groups excluding carboxylic acids is 3. The number of aliphatic carboxylic acids is 1. The molecule has 27 heteroatoms. The standard InChI is InChI=1S/C62H46Cl6N6O15/c1-24-36(57(82)74-50(62(87)88)26-4-7-33(75)8-5-26)12-25-2-9-34(10-3-25)89-46-22-28-13-37(53(46)78)27-6-11-35-32(23-69-44(35)20-27)21-45(70-61(86)52(77)31-18-42(67)56(81)43(68)19-31)58(83)72-49(30-16-40(65)55(80)41(66)17-30)60(85)73-48(28)59(84)71-47(51(24)76)29-14-38(63)54(79)39(64)15-29/h2-11,13-20,22-24,36,45,47-50,69,75,78-81H,12,21H2,1H3,(H,70,86)(H,71,84)(H,72,83)(H,73,85)(H,74,82)(H,87,88). The van der Waals surface area contributed by atoms with Gasteiger partial charge in [0, 0.05) is 46.5 Å². The minimum Gasteiger partial charge on any atom is -0.508 e. The molecule has 5 heterocycles. The number of hydrogen-bond donors (Lipinski definition) is 12. The SMILES string of the molecule is CC1C(=O)C(c2cc(Cl)c(O)c(Cl)c2)N=C(O)C2N=C(O)C(c3cc(Cl)c(O)c(Cl)c3)N=C(O)C(NC(=O)C(=O)c3cc(Cl)c(O)c(Cl)c3)Cc3c[nH]c4cc(ccc34)-c3cc2cc(c3O)Oc2ccc(cc2)CC1C(O)=NC(C(=O)O)c1ccc(O)cc1. The van der Waals surface area contributed by atoms with Crippen LogP contribution >= 0.6 is 69.6 Å². The van der Waals surface area contributed by atoms with Crippen LogP contribution in [0.2, 0.25) is 30.1 Å². The van der Waals surface area contributed by atoms with E-state index in [4.69, 9.17) is 74.3 Å². The van der Waals surface area contributed by atoms with Gasteiger partial charge in [-0.1, -0.05) is 113 Å². The number of phenolic OH excluding ortho intramolecular Hbond substituents is 5. The first kappa shape index (κ1) is 62.8. The Morgan fingerprint density at radius 1 is 0.618 bits per heavy atom. The number of rotatable bonds is 9. The Balaban J connectivity index is 1.22. The molecule has 9 bridgehead atoms. The highest BCUT2D eigenvalue weighted by atomic mass is 35.5. The van der Waals surface area contributed by atoms with Crippen molar-refractivity contribution in [3.8, 4) is 51.4 Å². The molecule has 12 rings (SSSR count). The topological polar surface area (TPSA) is 357 Å². The molecule has 7 unspecified atom stereocenters. The molecule has 0 radical (unpaired) electrons. The van der Waals surface area contributed by atoms with E-state index >= 15 is 4.79 Å². The number of carboxylic acids is 1. The summed E-state index contributed by atoms with van der Waals surface area (Å²) in [6.45, 7) is 1.38. The zero-order chi connectivity index (χ0) is 64.0. The molecule has 456 valence electrons. The third kappa shape index (κ3) is 13.0. The number of fused-ring (bicyclic) bond motifs is 12. The number of nitrogens with zero attached hydrogens (tertiary/aromatic N) is 4. The maximum absolute atomic E-state index is 15.6. The zero-order valence-electron chi connectivity index (χ0n) is 45.6. The number of ether oxygens (including phenoxy) is 1. The van der Waals surface area contributed by atoms with E-state index in [2.05, 4.69) is 30.3 Å². The van der Waals surface area contributed by atoms with E-state index in [0.717, 1.165) is 36.4 Å². The minimum absolute atomic E-state index is 0.0261. The summed E-state index contributed by atoms with van der Waals surface area (Å²) < 4.78 is 6.40. The Labute approximate surface area is 533 Å². The van der Waals surface area contributed by atoms with E-state index in [1.165, 1.54) is 61.7 Å². The van der Waals surface area contributed by atoms with Crippen molar-refractivity contribution in [2.24, 2.45) is 31.8 Å². The number of phenols is 5. The molecule has 0 aliphatic carbocycles. The van der Waals surface area contributed by atoms with Crippen LogP contribution in [0, 0.1) is 11.8 Å². The van der Waals surface area contributed by atoms with Gasteiger partial charge in [-0.3, -0.25) is 14.4 Å². The molecule has 8 aromatic rings. The van der Waals surface area contributed by atoms with E-state index in [1.807, 2.05) is 0 Å². The lowest BCUT2D eigenvalue weighted by atomic mass is 9.81. The van der Waals surface area contributed by atoms with E-state index in [9.17, 15) is 65.4 Å². The highest BCUT2D eigenvalue weighted by molar-refractivity contribution is 6.45. The van der Waals surface area contributed by atoms with Crippen LogP contribution in [-0.4, -0.2) is 109 Å². The van der Waals surface area contributed by atoms with Gasteiger partial charge in [0.15, 0.2) is 58.6 Å². The molecular formula is C62H46Cl6N6O15. The first-order chi connectivity index (χ1) is 42.2. The van der Waals surface area contributed by atoms with Crippen LogP contribution in [0.3, 0.4) is 0 Å². The monoisotopic (exact) mass is 1320 g/mol. The van der Waals surface area contributed by atoms with Gasteiger partial charge >= 0.3 is 5.97 Å². The van der Waals surface area contributed by atoms with Gasteiger partial charge in [-0.05, 0) is 124 Å². The molecule has 0 saturated heterocycles. The summed E-state index contributed by atoms with van der Waals surface area (Å²) in [6, 6.07) is 15.6. The number of aliphatic hydroxyl groups is 4. The lowest BCUT2D eigenvalue weighted by Gasteiger charge is -2.26. The predicted octanol–water partition coefficient (Wildman–Crippen LogP) is 13.6. The highest BCUT2D eigenvalue weighted by Gasteiger charge is 2.38. The summed E-state index contributed by atoms with van der Waals surface area (Å²) >= 11 is 38.2. The van der Waals surface area contributed by atoms with Crippen molar-refractivity contribution in [1.29, 1.82) is 0 Å². The average Bonchev–Trinajstić information content (AvgIpc) is 1.98. The van der Waals surface area contributed by atoms with Crippen molar-refractivity contribution in [1.82, 2.24) is 10.3 Å². The van der Waals surface area contributed by atoms with Crippen LogP contribution in [0.5, 0.6) is 40.2 Å². The number of aromatic amines is 1. The quantitative estimate of drug-likeness (QED) is 0.0276. The largest absolute Gasteiger partial charge is 0.508 e. The van der Waals surface area contributed by atoms with Gasteiger partial charge in [0.25, 0.3) is 5.91 Å². The fourth-order valence-electron chi connectivity index (χ4n) is 10.2. The highest BCUT2D eigenvalue weighted by Crippen LogP contribution is 2.46. The summed E-state index contributed by atoms with van der Waals surface area (Å²) in [7, 11) is 0. The number of aliphatic imine (C=N–C) groups is 4. The number of Topliss-reactive ketones (excluding diaryl/α,β-unsaturated/α-hetero) is 2. The van der Waals surface area contributed by atoms with Crippen molar-refractivity contribution in [3.63, 3.8) is 0 Å². The van der Waals surface area contributed by atoms with Gasteiger partial charge < -0.3 is 66.1 Å². The van der Waals surface area contributed by atoms with Crippen molar-refractivity contribution in [2.45, 2.75) is 50.0 Å². The molecule has 7 aromatic carbocycles. The number of ketones is 2. The van der Waals surface area contributed by atoms with E-state index in [0.29, 0.717) is 27.6 Å². The number of nitrogens with one attached hydrogen (secondary N) is 2. The Hall–Kier alpha value is -9.22. The molecular weight excluding hydrogens is 1280 g/mol. The number of amides is 1. The number of aromatic hydroxyl groups is 5. The molecule has 0 spiro atoms. The number of hydrogen-bond acceptors (Lipinski definition) is 14. The second kappa shape index (κ2) is 25.5. The minimum atomic E-state index is -2.05. The fourth-order valence-corrected chi connectivity index (χ4v) is 11.7. The normalized spacial score (nSPS) is 19.3. The third-order valence-electron chi connectivity index (χ3n) is 15.0. The lowest BCUT2D eigenvalue weighted by molar-refractivity contribution is -0.138.